The second-order valence-electron chi connectivity index (χ2n) is 4.89. The summed E-state index contributed by atoms with van der Waals surface area (Å²) < 4.78 is 5.58. The van der Waals surface area contributed by atoms with E-state index in [1.165, 1.54) is 0 Å². The van der Waals surface area contributed by atoms with Gasteiger partial charge in [0, 0.05) is 0 Å². The zero-order valence-electron chi connectivity index (χ0n) is 11.6. The Morgan fingerprint density at radius 1 is 1.37 bits per heavy atom. The van der Waals surface area contributed by atoms with E-state index in [0.29, 0.717) is 5.75 Å². The monoisotopic (exact) mass is 259 g/mol. The maximum absolute atomic E-state index is 11.4. The first-order valence-corrected chi connectivity index (χ1v) is 6.25. The summed E-state index contributed by atoms with van der Waals surface area (Å²) in [4.78, 5) is 21.8. The van der Waals surface area contributed by atoms with Crippen molar-refractivity contribution in [3.63, 3.8) is 0 Å². The molecule has 0 aliphatic heterocycles. The van der Waals surface area contributed by atoms with Gasteiger partial charge < -0.3 is 0 Å². The molecule has 0 atom stereocenters. The Hall–Kier alpha value is -1.78. The normalized spacial score (nSPS) is 10.3. The molecule has 19 heavy (non-hydrogen) atoms. The topological polar surface area (TPSA) is 55.7 Å². The molecule has 100 valence electrons. The Labute approximate surface area is 114 Å². The van der Waals surface area contributed by atoms with E-state index in [1.807, 2.05) is 26.8 Å². The minimum absolute atomic E-state index is 0.00327. The summed E-state index contributed by atoms with van der Waals surface area (Å²) in [6.07, 6.45) is 1.58. The van der Waals surface area contributed by atoms with E-state index >= 15 is 0 Å². The maximum atomic E-state index is 11.4. The molecular formula is C14H18BNO3. The van der Waals surface area contributed by atoms with Crippen molar-refractivity contribution >= 4 is 18.9 Å². The molecule has 0 aromatic heterocycles. The van der Waals surface area contributed by atoms with Gasteiger partial charge in [-0.25, -0.2) is 0 Å². The Morgan fingerprint density at radius 3 is 2.58 bits per heavy atom. The zero-order valence-corrected chi connectivity index (χ0v) is 11.6. The van der Waals surface area contributed by atoms with Gasteiger partial charge in [-0.1, -0.05) is 0 Å². The van der Waals surface area contributed by atoms with Crippen LogP contribution in [0.3, 0.4) is 0 Å². The molecule has 0 fully saturated rings. The predicted molar refractivity (Wildman–Crippen MR) is 78.5 cm³/mol. The van der Waals surface area contributed by atoms with Crippen LogP contribution in [0.25, 0.3) is 0 Å². The molecule has 0 saturated heterocycles. The Balaban J connectivity index is 3.04. The summed E-state index contributed by atoms with van der Waals surface area (Å²) in [6, 6.07) is 5.11. The van der Waals surface area contributed by atoms with Crippen LogP contribution in [0.2, 0.25) is 0 Å². The average Bonchev–Trinajstić information content (AvgIpc) is 2.34. The van der Waals surface area contributed by atoms with Crippen molar-refractivity contribution < 1.29 is 9.53 Å². The van der Waals surface area contributed by atoms with E-state index in [2.05, 4.69) is 12.7 Å². The molecule has 0 heterocycles. The summed E-state index contributed by atoms with van der Waals surface area (Å²) >= 11 is 0. The Morgan fingerprint density at radius 2 is 2.05 bits per heavy atom. The second kappa shape index (κ2) is 6.97. The predicted octanol–water partition coefficient (Wildman–Crippen LogP) is 2.41. The van der Waals surface area contributed by atoms with Gasteiger partial charge >= 0.3 is 113 Å². The molecule has 0 spiro atoms. The van der Waals surface area contributed by atoms with E-state index in [-0.39, 0.29) is 11.7 Å². The van der Waals surface area contributed by atoms with Crippen molar-refractivity contribution in [2.75, 3.05) is 0 Å². The number of carbonyl (C=O) groups excluding carboxylic acids is 1. The third-order valence-electron chi connectivity index (χ3n) is 2.51. The van der Waals surface area contributed by atoms with Crippen LogP contribution in [0.15, 0.2) is 23.4 Å². The van der Waals surface area contributed by atoms with E-state index < -0.39 is 5.91 Å². The minimum atomic E-state index is -0.772. The summed E-state index contributed by atoms with van der Waals surface area (Å²) in [5.41, 5.74) is 2.27. The molecule has 0 aliphatic carbocycles. The van der Waals surface area contributed by atoms with Gasteiger partial charge in [-0.05, 0) is 0 Å². The molecule has 1 aromatic rings. The number of ether oxygens (including phenoxy) is 1. The fourth-order valence-electron chi connectivity index (χ4n) is 1.68. The molecule has 1 amide bonds. The van der Waals surface area contributed by atoms with Crippen LogP contribution < -0.4 is 4.74 Å². The number of aryl methyl sites for hydroxylation is 1. The standard InChI is InChI=1S/C14H18BNO3/c1-9(2)19-13-7-11(5-4-10(3)15)6-12(8-13)14(17)16-18/h6-9,15H,4-5H2,1-3H3. The molecule has 5 heteroatoms. The second-order valence-corrected chi connectivity index (χ2v) is 4.89. The molecule has 0 radical (unpaired) electrons. The molecule has 4 nitrogen and oxygen atoms in total. The fourth-order valence-corrected chi connectivity index (χ4v) is 1.68. The number of hydrogen-bond donors (Lipinski definition) is 0. The summed E-state index contributed by atoms with van der Waals surface area (Å²) in [5.74, 6) is -0.188. The first-order chi connectivity index (χ1) is 8.92. The SMILES string of the molecule is B=C(C)CCc1cc(OC(C)C)cc(C(=O)N=O)c1. The van der Waals surface area contributed by atoms with E-state index in [9.17, 15) is 9.70 Å². The molecule has 0 bridgehead atoms. The van der Waals surface area contributed by atoms with Crippen LogP contribution in [0.5, 0.6) is 5.75 Å². The first-order valence-electron chi connectivity index (χ1n) is 6.25. The number of amides is 1. The number of rotatable bonds is 6. The fraction of sp³-hybridized carbons (Fsp3) is 0.429. The molecule has 0 aliphatic rings. The van der Waals surface area contributed by atoms with Gasteiger partial charge in [-0.2, -0.15) is 0 Å². The van der Waals surface area contributed by atoms with E-state index in [1.54, 1.807) is 12.1 Å². The Bertz CT molecular complexity index is 497. The quantitative estimate of drug-likeness (QED) is 0.582. The molecule has 0 N–H and O–H groups in total. The zero-order chi connectivity index (χ0) is 14.4. The average molecular weight is 259 g/mol. The molecular weight excluding hydrogens is 241 g/mol. The van der Waals surface area contributed by atoms with Crippen LogP contribution in [0.1, 0.15) is 43.1 Å². The summed E-state index contributed by atoms with van der Waals surface area (Å²) in [7, 11) is 3.85. The third kappa shape index (κ3) is 5.16. The van der Waals surface area contributed by atoms with Gasteiger partial charge in [0.05, 0.1) is 0 Å². The number of nitroso groups, excluding NO2 is 1. The van der Waals surface area contributed by atoms with E-state index in [0.717, 1.165) is 23.9 Å². The van der Waals surface area contributed by atoms with Gasteiger partial charge in [0.1, 0.15) is 0 Å². The summed E-state index contributed by atoms with van der Waals surface area (Å²) in [6.45, 7) is 5.76. The van der Waals surface area contributed by atoms with Crippen molar-refractivity contribution in [2.45, 2.75) is 39.7 Å². The van der Waals surface area contributed by atoms with Gasteiger partial charge in [-0.15, -0.1) is 0 Å². The van der Waals surface area contributed by atoms with Crippen molar-refractivity contribution in [1.82, 2.24) is 0 Å². The first kappa shape index (κ1) is 15.3. The molecule has 1 rings (SSSR count). The van der Waals surface area contributed by atoms with Crippen molar-refractivity contribution in [3.8, 4) is 5.75 Å². The summed E-state index contributed by atoms with van der Waals surface area (Å²) in [5, 5.41) is 2.45. The number of nitrogens with zero attached hydrogens (tertiary/aromatic N) is 1. The van der Waals surface area contributed by atoms with Crippen LogP contribution in [0.4, 0.5) is 0 Å². The van der Waals surface area contributed by atoms with Gasteiger partial charge in [0.15, 0.2) is 0 Å². The number of benzene rings is 1. The van der Waals surface area contributed by atoms with Crippen LogP contribution in [-0.2, 0) is 6.42 Å². The molecule has 1 aromatic carbocycles. The van der Waals surface area contributed by atoms with E-state index in [4.69, 9.17) is 4.74 Å². The number of hydrogen-bond acceptors (Lipinski definition) is 3. The van der Waals surface area contributed by atoms with Crippen molar-refractivity contribution in [2.24, 2.45) is 5.18 Å². The molecule has 0 unspecified atom stereocenters. The van der Waals surface area contributed by atoms with Gasteiger partial charge in [-0.3, -0.25) is 0 Å². The van der Waals surface area contributed by atoms with Crippen molar-refractivity contribution in [3.05, 3.63) is 34.2 Å². The van der Waals surface area contributed by atoms with Crippen LogP contribution in [-0.4, -0.2) is 25.0 Å². The van der Waals surface area contributed by atoms with Gasteiger partial charge in [0.25, 0.3) is 0 Å². The van der Waals surface area contributed by atoms with Gasteiger partial charge in [0.2, 0.25) is 0 Å². The van der Waals surface area contributed by atoms with Crippen LogP contribution in [0, 0.1) is 4.91 Å². The van der Waals surface area contributed by atoms with Crippen molar-refractivity contribution in [1.29, 1.82) is 0 Å². The number of carbonyl (C=O) groups is 1. The van der Waals surface area contributed by atoms with Crippen LogP contribution >= 0.6 is 0 Å². The third-order valence-corrected chi connectivity index (χ3v) is 2.51. The molecule has 0 saturated carbocycles. The Kier molecular flexibility index (Phi) is 5.61.